The maximum atomic E-state index is 12.7. The first kappa shape index (κ1) is 17.5. The van der Waals surface area contributed by atoms with Crippen molar-refractivity contribution in [2.75, 3.05) is 11.9 Å². The number of hydrogen-bond acceptors (Lipinski definition) is 4. The van der Waals surface area contributed by atoms with Gasteiger partial charge in [0.2, 0.25) is 5.91 Å². The summed E-state index contributed by atoms with van der Waals surface area (Å²) in [7, 11) is 0. The van der Waals surface area contributed by atoms with Gasteiger partial charge in [-0.1, -0.05) is 0 Å². The predicted molar refractivity (Wildman–Crippen MR) is 105 cm³/mol. The molecule has 3 heterocycles. The maximum Gasteiger partial charge on any atom is 0.255 e. The lowest BCUT2D eigenvalue weighted by atomic mass is 10.2. The van der Waals surface area contributed by atoms with Crippen LogP contribution in [0.1, 0.15) is 29.0 Å². The van der Waals surface area contributed by atoms with Crippen LogP contribution in [0.2, 0.25) is 0 Å². The number of thiophene rings is 1. The van der Waals surface area contributed by atoms with Gasteiger partial charge in [-0.3, -0.25) is 9.59 Å². The predicted octanol–water partition coefficient (Wildman–Crippen LogP) is 3.49. The number of carbonyl (C=O) groups is 2. The molecule has 138 valence electrons. The molecule has 1 N–H and O–H groups in total. The van der Waals surface area contributed by atoms with E-state index in [1.54, 1.807) is 17.2 Å². The summed E-state index contributed by atoms with van der Waals surface area (Å²) >= 11 is 1.49. The Kier molecular flexibility index (Phi) is 4.77. The molecule has 27 heavy (non-hydrogen) atoms. The van der Waals surface area contributed by atoms with E-state index < -0.39 is 6.04 Å². The van der Waals surface area contributed by atoms with Crippen molar-refractivity contribution in [3.63, 3.8) is 0 Å². The SMILES string of the molecule is Cc1nccn1-c1ccc(NC(=O)C2CCCN2C(=O)c2ccsc2)cc1. The van der Waals surface area contributed by atoms with E-state index in [-0.39, 0.29) is 11.8 Å². The van der Waals surface area contributed by atoms with Crippen molar-refractivity contribution < 1.29 is 9.59 Å². The van der Waals surface area contributed by atoms with E-state index in [9.17, 15) is 9.59 Å². The van der Waals surface area contributed by atoms with Crippen LogP contribution in [0, 0.1) is 6.92 Å². The Morgan fingerprint density at radius 2 is 2.04 bits per heavy atom. The van der Waals surface area contributed by atoms with Gasteiger partial charge in [0.15, 0.2) is 0 Å². The van der Waals surface area contributed by atoms with Gasteiger partial charge in [-0.25, -0.2) is 4.98 Å². The summed E-state index contributed by atoms with van der Waals surface area (Å²) in [5, 5.41) is 6.65. The second-order valence-corrected chi connectivity index (χ2v) is 7.33. The topological polar surface area (TPSA) is 67.2 Å². The Bertz CT molecular complexity index is 947. The molecule has 6 nitrogen and oxygen atoms in total. The first-order valence-electron chi connectivity index (χ1n) is 8.88. The number of nitrogens with one attached hydrogen (secondary N) is 1. The zero-order chi connectivity index (χ0) is 18.8. The minimum absolute atomic E-state index is 0.0696. The quantitative estimate of drug-likeness (QED) is 0.753. The number of hydrogen-bond donors (Lipinski definition) is 1. The van der Waals surface area contributed by atoms with Gasteiger partial charge in [-0.2, -0.15) is 11.3 Å². The maximum absolute atomic E-state index is 12.7. The molecule has 0 saturated carbocycles. The van der Waals surface area contributed by atoms with Crippen LogP contribution in [0.3, 0.4) is 0 Å². The Hall–Kier alpha value is -2.93. The summed E-state index contributed by atoms with van der Waals surface area (Å²) in [6, 6.07) is 8.99. The molecule has 1 unspecified atom stereocenters. The second-order valence-electron chi connectivity index (χ2n) is 6.55. The Morgan fingerprint density at radius 1 is 1.22 bits per heavy atom. The van der Waals surface area contributed by atoms with Gasteiger partial charge in [-0.15, -0.1) is 0 Å². The number of likely N-dealkylation sites (tertiary alicyclic amines) is 1. The number of anilines is 1. The lowest BCUT2D eigenvalue weighted by Crippen LogP contribution is -2.43. The van der Waals surface area contributed by atoms with E-state index in [1.807, 2.05) is 52.7 Å². The highest BCUT2D eigenvalue weighted by Gasteiger charge is 2.34. The fraction of sp³-hybridized carbons (Fsp3) is 0.250. The molecule has 1 aromatic carbocycles. The van der Waals surface area contributed by atoms with Crippen molar-refractivity contribution in [1.82, 2.24) is 14.5 Å². The molecule has 3 aromatic rings. The third kappa shape index (κ3) is 3.50. The molecule has 0 aliphatic carbocycles. The third-order valence-electron chi connectivity index (χ3n) is 4.82. The van der Waals surface area contributed by atoms with E-state index in [4.69, 9.17) is 0 Å². The largest absolute Gasteiger partial charge is 0.327 e. The van der Waals surface area contributed by atoms with Gasteiger partial charge in [-0.05, 0) is 55.5 Å². The molecule has 2 aromatic heterocycles. The van der Waals surface area contributed by atoms with Gasteiger partial charge in [0.25, 0.3) is 5.91 Å². The summed E-state index contributed by atoms with van der Waals surface area (Å²) < 4.78 is 1.98. The standard InChI is InChI=1S/C20H20N4O2S/c1-14-21-9-11-23(14)17-6-4-16(5-7-17)22-19(25)18-3-2-10-24(18)20(26)15-8-12-27-13-15/h4-9,11-13,18H,2-3,10H2,1H3,(H,22,25). The van der Waals surface area contributed by atoms with E-state index >= 15 is 0 Å². The Morgan fingerprint density at radius 3 is 2.70 bits per heavy atom. The second kappa shape index (κ2) is 7.36. The number of benzene rings is 1. The number of nitrogens with zero attached hydrogens (tertiary/aromatic N) is 3. The van der Waals surface area contributed by atoms with Gasteiger partial charge in [0.05, 0.1) is 5.56 Å². The lowest BCUT2D eigenvalue weighted by Gasteiger charge is -2.23. The number of carbonyl (C=O) groups excluding carboxylic acids is 2. The molecule has 4 rings (SSSR count). The molecule has 2 amide bonds. The van der Waals surface area contributed by atoms with Crippen LogP contribution >= 0.6 is 11.3 Å². The number of imidazole rings is 1. The minimum Gasteiger partial charge on any atom is -0.327 e. The highest BCUT2D eigenvalue weighted by atomic mass is 32.1. The van der Waals surface area contributed by atoms with Gasteiger partial charge < -0.3 is 14.8 Å². The van der Waals surface area contributed by atoms with Crippen LogP contribution in [0.25, 0.3) is 5.69 Å². The molecule has 0 spiro atoms. The summed E-state index contributed by atoms with van der Waals surface area (Å²) in [6.07, 6.45) is 5.18. The average Bonchev–Trinajstić information content (AvgIpc) is 3.43. The van der Waals surface area contributed by atoms with Crippen molar-refractivity contribution in [2.45, 2.75) is 25.8 Å². The normalized spacial score (nSPS) is 16.5. The molecular formula is C20H20N4O2S. The van der Waals surface area contributed by atoms with Crippen LogP contribution in [0.15, 0.2) is 53.5 Å². The zero-order valence-corrected chi connectivity index (χ0v) is 15.8. The summed E-state index contributed by atoms with van der Waals surface area (Å²) in [4.78, 5) is 31.3. The van der Waals surface area contributed by atoms with Gasteiger partial charge >= 0.3 is 0 Å². The van der Waals surface area contributed by atoms with Gasteiger partial charge in [0.1, 0.15) is 11.9 Å². The van der Waals surface area contributed by atoms with Crippen molar-refractivity contribution in [2.24, 2.45) is 0 Å². The van der Waals surface area contributed by atoms with Crippen LogP contribution in [-0.4, -0.2) is 38.9 Å². The van der Waals surface area contributed by atoms with Crippen LogP contribution in [0.4, 0.5) is 5.69 Å². The molecule has 1 fully saturated rings. The van der Waals surface area contributed by atoms with E-state index in [0.717, 1.165) is 23.6 Å². The molecule has 1 aliphatic heterocycles. The van der Waals surface area contributed by atoms with E-state index in [2.05, 4.69) is 10.3 Å². The monoisotopic (exact) mass is 380 g/mol. The van der Waals surface area contributed by atoms with E-state index in [0.29, 0.717) is 18.5 Å². The molecule has 1 saturated heterocycles. The fourth-order valence-electron chi connectivity index (χ4n) is 3.42. The van der Waals surface area contributed by atoms with Crippen molar-refractivity contribution in [1.29, 1.82) is 0 Å². The minimum atomic E-state index is -0.423. The first-order chi connectivity index (χ1) is 13.1. The first-order valence-corrected chi connectivity index (χ1v) is 9.82. The number of rotatable bonds is 4. The molecule has 1 aliphatic rings. The number of aromatic nitrogens is 2. The van der Waals surface area contributed by atoms with Gasteiger partial charge in [0, 0.05) is 35.7 Å². The van der Waals surface area contributed by atoms with Crippen molar-refractivity contribution >= 4 is 28.8 Å². The fourth-order valence-corrected chi connectivity index (χ4v) is 4.05. The Labute approximate surface area is 161 Å². The zero-order valence-electron chi connectivity index (χ0n) is 15.0. The third-order valence-corrected chi connectivity index (χ3v) is 5.51. The van der Waals surface area contributed by atoms with Crippen LogP contribution in [0.5, 0.6) is 0 Å². The molecular weight excluding hydrogens is 360 g/mol. The highest BCUT2D eigenvalue weighted by Crippen LogP contribution is 2.23. The number of amides is 2. The summed E-state index contributed by atoms with van der Waals surface area (Å²) in [5.41, 5.74) is 2.36. The Balaban J connectivity index is 1.45. The van der Waals surface area contributed by atoms with Crippen LogP contribution < -0.4 is 5.32 Å². The number of aryl methyl sites for hydroxylation is 1. The molecule has 0 bridgehead atoms. The smallest absolute Gasteiger partial charge is 0.255 e. The summed E-state index contributed by atoms with van der Waals surface area (Å²) in [5.74, 6) is 0.697. The lowest BCUT2D eigenvalue weighted by molar-refractivity contribution is -0.119. The van der Waals surface area contributed by atoms with Crippen molar-refractivity contribution in [3.8, 4) is 5.69 Å². The van der Waals surface area contributed by atoms with Crippen molar-refractivity contribution in [3.05, 3.63) is 64.9 Å². The van der Waals surface area contributed by atoms with Crippen LogP contribution in [-0.2, 0) is 4.79 Å². The van der Waals surface area contributed by atoms with E-state index in [1.165, 1.54) is 11.3 Å². The average molecular weight is 380 g/mol. The highest BCUT2D eigenvalue weighted by molar-refractivity contribution is 7.08. The molecule has 1 atom stereocenters. The molecule has 7 heteroatoms. The molecule has 0 radical (unpaired) electrons. The summed E-state index contributed by atoms with van der Waals surface area (Å²) in [6.45, 7) is 2.56.